The van der Waals surface area contributed by atoms with Crippen LogP contribution in [-0.4, -0.2) is 31.7 Å². The molecule has 1 fully saturated rings. The largest absolute Gasteiger partial charge is 0.497 e. The van der Waals surface area contributed by atoms with Gasteiger partial charge in [0.1, 0.15) is 11.6 Å². The van der Waals surface area contributed by atoms with Gasteiger partial charge in [-0.3, -0.25) is 0 Å². The first kappa shape index (κ1) is 15.0. The van der Waals surface area contributed by atoms with Crippen molar-refractivity contribution >= 4 is 11.8 Å². The number of nitrogens with zero attached hydrogens (tertiary/aromatic N) is 2. The predicted molar refractivity (Wildman–Crippen MR) is 90.5 cm³/mol. The Bertz CT molecular complexity index is 773. The van der Waals surface area contributed by atoms with Crippen molar-refractivity contribution in [1.82, 2.24) is 4.98 Å². The number of carbonyl (C=O) groups is 1. The molecule has 4 rings (SSSR count). The first-order valence-corrected chi connectivity index (χ1v) is 8.15. The monoisotopic (exact) mass is 324 g/mol. The molecule has 1 aliphatic carbocycles. The molecule has 2 unspecified atom stereocenters. The summed E-state index contributed by atoms with van der Waals surface area (Å²) < 4.78 is 10.0. The Morgan fingerprint density at radius 2 is 2.08 bits per heavy atom. The first-order valence-electron chi connectivity index (χ1n) is 8.15. The normalized spacial score (nSPS) is 20.8. The Kier molecular flexibility index (Phi) is 3.63. The minimum Gasteiger partial charge on any atom is -0.497 e. The number of pyridine rings is 1. The fourth-order valence-electron chi connectivity index (χ4n) is 3.53. The standard InChI is InChI=1S/C19H20N2O3/c1-23-15-5-3-12(4-6-15)10-21-11-14-8-16(14)17-7-13(19(22)24-2)9-20-18(17)21/h3-7,9,14,16H,8,10-11H2,1-2H3. The van der Waals surface area contributed by atoms with Crippen LogP contribution in [0.4, 0.5) is 5.82 Å². The molecule has 5 heteroatoms. The lowest BCUT2D eigenvalue weighted by Gasteiger charge is -2.30. The van der Waals surface area contributed by atoms with Crippen LogP contribution in [0.2, 0.25) is 0 Å². The summed E-state index contributed by atoms with van der Waals surface area (Å²) in [6.07, 6.45) is 2.80. The Morgan fingerprint density at radius 1 is 1.29 bits per heavy atom. The van der Waals surface area contributed by atoms with E-state index in [2.05, 4.69) is 22.0 Å². The highest BCUT2D eigenvalue weighted by molar-refractivity contribution is 5.89. The molecule has 0 saturated heterocycles. The Hall–Kier alpha value is -2.56. The van der Waals surface area contributed by atoms with Crippen LogP contribution < -0.4 is 9.64 Å². The first-order chi connectivity index (χ1) is 11.7. The number of fused-ring (bicyclic) bond motifs is 3. The van der Waals surface area contributed by atoms with Gasteiger partial charge in [0, 0.05) is 19.3 Å². The van der Waals surface area contributed by atoms with E-state index in [0.29, 0.717) is 17.4 Å². The second-order valence-corrected chi connectivity index (χ2v) is 6.46. The smallest absolute Gasteiger partial charge is 0.339 e. The highest BCUT2D eigenvalue weighted by Gasteiger charge is 2.45. The average Bonchev–Trinajstić information content (AvgIpc) is 3.41. The number of aromatic nitrogens is 1. The van der Waals surface area contributed by atoms with Crippen molar-refractivity contribution in [2.24, 2.45) is 5.92 Å². The summed E-state index contributed by atoms with van der Waals surface area (Å²) in [4.78, 5) is 18.7. The third-order valence-electron chi connectivity index (χ3n) is 4.93. The number of anilines is 1. The molecule has 124 valence electrons. The molecule has 1 aromatic carbocycles. The molecule has 0 radical (unpaired) electrons. The number of esters is 1. The van der Waals surface area contributed by atoms with Gasteiger partial charge in [0.15, 0.2) is 0 Å². The lowest BCUT2D eigenvalue weighted by molar-refractivity contribution is 0.0600. The summed E-state index contributed by atoms with van der Waals surface area (Å²) in [5.74, 6) is 2.75. The maximum Gasteiger partial charge on any atom is 0.339 e. The van der Waals surface area contributed by atoms with Crippen molar-refractivity contribution in [3.8, 4) is 5.75 Å². The molecule has 0 bridgehead atoms. The van der Waals surface area contributed by atoms with E-state index < -0.39 is 0 Å². The summed E-state index contributed by atoms with van der Waals surface area (Å²) in [5.41, 5.74) is 2.94. The van der Waals surface area contributed by atoms with Crippen LogP contribution in [0.5, 0.6) is 5.75 Å². The van der Waals surface area contributed by atoms with Crippen LogP contribution >= 0.6 is 0 Å². The van der Waals surface area contributed by atoms with E-state index in [0.717, 1.165) is 24.7 Å². The van der Waals surface area contributed by atoms with E-state index in [9.17, 15) is 4.79 Å². The lowest BCUT2D eigenvalue weighted by atomic mass is 10.0. The fourth-order valence-corrected chi connectivity index (χ4v) is 3.53. The quantitative estimate of drug-likeness (QED) is 0.809. The van der Waals surface area contributed by atoms with E-state index in [1.165, 1.54) is 24.7 Å². The van der Waals surface area contributed by atoms with Gasteiger partial charge in [-0.25, -0.2) is 9.78 Å². The fraction of sp³-hybridized carbons (Fsp3) is 0.368. The predicted octanol–water partition coefficient (Wildman–Crippen LogP) is 3.00. The molecule has 0 spiro atoms. The highest BCUT2D eigenvalue weighted by Crippen LogP contribution is 2.54. The molecule has 5 nitrogen and oxygen atoms in total. The van der Waals surface area contributed by atoms with Crippen molar-refractivity contribution in [2.45, 2.75) is 18.9 Å². The number of methoxy groups -OCH3 is 2. The molecule has 2 aliphatic rings. The summed E-state index contributed by atoms with van der Waals surface area (Å²) >= 11 is 0. The maximum absolute atomic E-state index is 11.8. The van der Waals surface area contributed by atoms with E-state index in [1.54, 1.807) is 13.3 Å². The van der Waals surface area contributed by atoms with E-state index in [-0.39, 0.29) is 5.97 Å². The van der Waals surface area contributed by atoms with E-state index in [4.69, 9.17) is 9.47 Å². The third kappa shape index (κ3) is 2.60. The van der Waals surface area contributed by atoms with Crippen molar-refractivity contribution in [3.63, 3.8) is 0 Å². The van der Waals surface area contributed by atoms with E-state index in [1.807, 2.05) is 18.2 Å². The molecule has 1 saturated carbocycles. The van der Waals surface area contributed by atoms with E-state index >= 15 is 0 Å². The summed E-state index contributed by atoms with van der Waals surface area (Å²) in [6.45, 7) is 1.83. The van der Waals surface area contributed by atoms with Gasteiger partial charge in [-0.05, 0) is 47.6 Å². The topological polar surface area (TPSA) is 51.7 Å². The van der Waals surface area contributed by atoms with Gasteiger partial charge in [0.25, 0.3) is 0 Å². The van der Waals surface area contributed by atoms with Crippen LogP contribution in [0.15, 0.2) is 36.5 Å². The van der Waals surface area contributed by atoms with Crippen LogP contribution in [0.3, 0.4) is 0 Å². The van der Waals surface area contributed by atoms with Crippen molar-refractivity contribution in [3.05, 3.63) is 53.2 Å². The zero-order valence-corrected chi connectivity index (χ0v) is 13.9. The number of hydrogen-bond donors (Lipinski definition) is 0. The maximum atomic E-state index is 11.8. The number of hydrogen-bond acceptors (Lipinski definition) is 5. The molecule has 2 heterocycles. The molecule has 2 aromatic rings. The molecule has 24 heavy (non-hydrogen) atoms. The van der Waals surface area contributed by atoms with Crippen LogP contribution in [-0.2, 0) is 11.3 Å². The molecular formula is C19H20N2O3. The van der Waals surface area contributed by atoms with Crippen LogP contribution in [0, 0.1) is 5.92 Å². The molecule has 1 aromatic heterocycles. The highest BCUT2D eigenvalue weighted by atomic mass is 16.5. The molecule has 0 amide bonds. The van der Waals surface area contributed by atoms with Gasteiger partial charge in [-0.15, -0.1) is 0 Å². The summed E-state index contributed by atoms with van der Waals surface area (Å²) in [7, 11) is 3.07. The molecule has 2 atom stereocenters. The van der Waals surface area contributed by atoms with Gasteiger partial charge in [-0.1, -0.05) is 12.1 Å². The Labute approximate surface area is 141 Å². The minimum absolute atomic E-state index is 0.324. The van der Waals surface area contributed by atoms with Gasteiger partial charge >= 0.3 is 5.97 Å². The lowest BCUT2D eigenvalue weighted by Crippen LogP contribution is -2.30. The molecule has 1 aliphatic heterocycles. The van der Waals surface area contributed by atoms with Crippen molar-refractivity contribution in [1.29, 1.82) is 0 Å². The van der Waals surface area contributed by atoms with Gasteiger partial charge in [0.05, 0.1) is 19.8 Å². The van der Waals surface area contributed by atoms with Gasteiger partial charge in [-0.2, -0.15) is 0 Å². The summed E-state index contributed by atoms with van der Waals surface area (Å²) in [6, 6.07) is 10.1. The zero-order chi connectivity index (χ0) is 16.7. The second kappa shape index (κ2) is 5.82. The summed E-state index contributed by atoms with van der Waals surface area (Å²) in [5, 5.41) is 0. The molecular weight excluding hydrogens is 304 g/mol. The van der Waals surface area contributed by atoms with Crippen LogP contribution in [0.25, 0.3) is 0 Å². The van der Waals surface area contributed by atoms with Crippen molar-refractivity contribution in [2.75, 3.05) is 25.7 Å². The van der Waals surface area contributed by atoms with Gasteiger partial charge < -0.3 is 14.4 Å². The third-order valence-corrected chi connectivity index (χ3v) is 4.93. The van der Waals surface area contributed by atoms with Crippen molar-refractivity contribution < 1.29 is 14.3 Å². The Morgan fingerprint density at radius 3 is 2.79 bits per heavy atom. The SMILES string of the molecule is COC(=O)c1cnc2c(c1)C1CC1CN2Cc1ccc(OC)cc1. The molecule has 0 N–H and O–H groups in total. The number of ether oxygens (including phenoxy) is 2. The zero-order valence-electron chi connectivity index (χ0n) is 13.9. The number of rotatable bonds is 4. The minimum atomic E-state index is -0.324. The van der Waals surface area contributed by atoms with Gasteiger partial charge in [0.2, 0.25) is 0 Å². The number of carbonyl (C=O) groups excluding carboxylic acids is 1. The Balaban J connectivity index is 1.61. The average molecular weight is 324 g/mol. The number of benzene rings is 1. The van der Waals surface area contributed by atoms with Crippen LogP contribution in [0.1, 0.15) is 33.8 Å². The second-order valence-electron chi connectivity index (χ2n) is 6.46.